The first-order valence-corrected chi connectivity index (χ1v) is 7.92. The van der Waals surface area contributed by atoms with Gasteiger partial charge in [-0.2, -0.15) is 13.2 Å². The summed E-state index contributed by atoms with van der Waals surface area (Å²) in [7, 11) is 0. The second-order valence-electron chi connectivity index (χ2n) is 5.67. The number of ether oxygens (including phenoxy) is 1. The summed E-state index contributed by atoms with van der Waals surface area (Å²) in [6.07, 6.45) is -4.50. The number of halogens is 3. The highest BCUT2D eigenvalue weighted by Gasteiger charge is 2.33. The van der Waals surface area contributed by atoms with Gasteiger partial charge in [0.15, 0.2) is 0 Å². The molecule has 0 bridgehead atoms. The molecule has 6 heteroatoms. The van der Waals surface area contributed by atoms with Crippen LogP contribution >= 0.6 is 0 Å². The number of aromatic nitrogens is 1. The van der Waals surface area contributed by atoms with Crippen molar-refractivity contribution in [2.75, 3.05) is 0 Å². The Kier molecular flexibility index (Phi) is 5.23. The zero-order valence-corrected chi connectivity index (χ0v) is 13.7. The van der Waals surface area contributed by atoms with E-state index in [0.717, 1.165) is 11.6 Å². The van der Waals surface area contributed by atoms with Crippen molar-refractivity contribution in [2.24, 2.45) is 0 Å². The number of aliphatic hydroxyl groups is 1. The Morgan fingerprint density at radius 2 is 1.58 bits per heavy atom. The highest BCUT2D eigenvalue weighted by Crippen LogP contribution is 2.37. The highest BCUT2D eigenvalue weighted by atomic mass is 19.4. The second-order valence-corrected chi connectivity index (χ2v) is 5.67. The Balaban J connectivity index is 1.96. The lowest BCUT2D eigenvalue weighted by Crippen LogP contribution is -2.08. The maximum absolute atomic E-state index is 13.3. The van der Waals surface area contributed by atoms with Gasteiger partial charge < -0.3 is 9.84 Å². The second kappa shape index (κ2) is 7.58. The Morgan fingerprint density at radius 3 is 2.27 bits per heavy atom. The van der Waals surface area contributed by atoms with Crippen molar-refractivity contribution < 1.29 is 23.0 Å². The van der Waals surface area contributed by atoms with E-state index < -0.39 is 11.7 Å². The molecule has 1 N–H and O–H groups in total. The predicted octanol–water partition coefficient (Wildman–Crippen LogP) is 4.84. The van der Waals surface area contributed by atoms with Crippen LogP contribution in [0.3, 0.4) is 0 Å². The molecular weight excluding hydrogens is 343 g/mol. The normalized spacial score (nSPS) is 11.4. The highest BCUT2D eigenvalue weighted by molar-refractivity contribution is 5.65. The van der Waals surface area contributed by atoms with Gasteiger partial charge in [0.2, 0.25) is 5.88 Å². The Bertz CT molecular complexity index is 880. The minimum absolute atomic E-state index is 0.0557. The topological polar surface area (TPSA) is 42.4 Å². The summed E-state index contributed by atoms with van der Waals surface area (Å²) in [5.41, 5.74) is 0.597. The van der Waals surface area contributed by atoms with Crippen LogP contribution in [0.15, 0.2) is 66.7 Å². The molecule has 0 amide bonds. The predicted molar refractivity (Wildman–Crippen MR) is 91.4 cm³/mol. The Hall–Kier alpha value is -2.86. The Morgan fingerprint density at radius 1 is 0.885 bits per heavy atom. The molecule has 0 aliphatic carbocycles. The van der Waals surface area contributed by atoms with Crippen LogP contribution in [0.5, 0.6) is 5.88 Å². The zero-order valence-electron chi connectivity index (χ0n) is 13.7. The first-order chi connectivity index (χ1) is 12.5. The van der Waals surface area contributed by atoms with Crippen LogP contribution in [0, 0.1) is 0 Å². The average molecular weight is 359 g/mol. The smallest absolute Gasteiger partial charge is 0.417 e. The fraction of sp³-hybridized carbons (Fsp3) is 0.150. The number of benzene rings is 2. The molecule has 3 aromatic rings. The quantitative estimate of drug-likeness (QED) is 0.709. The van der Waals surface area contributed by atoms with Crippen molar-refractivity contribution in [2.45, 2.75) is 19.4 Å². The number of nitrogens with zero attached hydrogens (tertiary/aromatic N) is 1. The van der Waals surface area contributed by atoms with E-state index in [-0.39, 0.29) is 30.4 Å². The van der Waals surface area contributed by atoms with Gasteiger partial charge in [0.25, 0.3) is 0 Å². The summed E-state index contributed by atoms with van der Waals surface area (Å²) < 4.78 is 45.5. The molecule has 26 heavy (non-hydrogen) atoms. The van der Waals surface area contributed by atoms with Crippen molar-refractivity contribution in [3.05, 3.63) is 83.4 Å². The van der Waals surface area contributed by atoms with E-state index in [0.29, 0.717) is 5.56 Å². The molecule has 3 rings (SSSR count). The van der Waals surface area contributed by atoms with Gasteiger partial charge in [-0.25, -0.2) is 4.98 Å². The standard InChI is InChI=1S/C20H16F3NO2/c21-20(22,23)17-9-5-4-8-16(17)18-10-15(12-25)11-19(24-18)26-13-14-6-2-1-3-7-14/h1-11,25H,12-13H2. The third-order valence-electron chi connectivity index (χ3n) is 3.78. The summed E-state index contributed by atoms with van der Waals surface area (Å²) >= 11 is 0. The van der Waals surface area contributed by atoms with Crippen LogP contribution in [-0.2, 0) is 19.4 Å². The van der Waals surface area contributed by atoms with Crippen molar-refractivity contribution in [3.63, 3.8) is 0 Å². The lowest BCUT2D eigenvalue weighted by Gasteiger charge is -2.14. The molecule has 0 fully saturated rings. The fourth-order valence-corrected chi connectivity index (χ4v) is 2.55. The van der Waals surface area contributed by atoms with E-state index in [4.69, 9.17) is 4.74 Å². The number of rotatable bonds is 5. The summed E-state index contributed by atoms with van der Waals surface area (Å²) in [5, 5.41) is 9.44. The van der Waals surface area contributed by atoms with Crippen molar-refractivity contribution in [1.82, 2.24) is 4.98 Å². The molecule has 0 radical (unpaired) electrons. The fourth-order valence-electron chi connectivity index (χ4n) is 2.55. The molecule has 1 heterocycles. The summed E-state index contributed by atoms with van der Waals surface area (Å²) in [4.78, 5) is 4.21. The SMILES string of the molecule is OCc1cc(OCc2ccccc2)nc(-c2ccccc2C(F)(F)F)c1. The molecule has 2 aromatic carbocycles. The maximum Gasteiger partial charge on any atom is 0.417 e. The minimum Gasteiger partial charge on any atom is -0.473 e. The van der Waals surface area contributed by atoms with Crippen molar-refractivity contribution in [3.8, 4) is 17.1 Å². The van der Waals surface area contributed by atoms with E-state index in [1.807, 2.05) is 30.3 Å². The van der Waals surface area contributed by atoms with Crippen LogP contribution in [0.4, 0.5) is 13.2 Å². The lowest BCUT2D eigenvalue weighted by atomic mass is 10.0. The summed E-state index contributed by atoms with van der Waals surface area (Å²) in [6.45, 7) is -0.103. The molecule has 0 unspecified atom stereocenters. The molecule has 3 nitrogen and oxygen atoms in total. The number of aliphatic hydroxyl groups excluding tert-OH is 1. The zero-order chi connectivity index (χ0) is 18.6. The number of hydrogen-bond acceptors (Lipinski definition) is 3. The van der Waals surface area contributed by atoms with Crippen LogP contribution in [0.25, 0.3) is 11.3 Å². The minimum atomic E-state index is -4.50. The molecule has 0 spiro atoms. The molecule has 0 aliphatic heterocycles. The lowest BCUT2D eigenvalue weighted by molar-refractivity contribution is -0.137. The van der Waals surface area contributed by atoms with E-state index in [9.17, 15) is 18.3 Å². The van der Waals surface area contributed by atoms with Gasteiger partial charge in [0.1, 0.15) is 6.61 Å². The van der Waals surface area contributed by atoms with Gasteiger partial charge in [-0.1, -0.05) is 48.5 Å². The van der Waals surface area contributed by atoms with Crippen LogP contribution in [-0.4, -0.2) is 10.1 Å². The van der Waals surface area contributed by atoms with Gasteiger partial charge in [-0.05, 0) is 23.3 Å². The van der Waals surface area contributed by atoms with Gasteiger partial charge >= 0.3 is 6.18 Å². The first-order valence-electron chi connectivity index (χ1n) is 7.92. The molecule has 1 aromatic heterocycles. The summed E-state index contributed by atoms with van der Waals surface area (Å²) in [5.74, 6) is 0.160. The van der Waals surface area contributed by atoms with Gasteiger partial charge in [0.05, 0.1) is 17.9 Å². The third-order valence-corrected chi connectivity index (χ3v) is 3.78. The number of hydrogen-bond donors (Lipinski definition) is 1. The molecular formula is C20H16F3NO2. The molecule has 0 saturated carbocycles. The van der Waals surface area contributed by atoms with E-state index in [1.165, 1.54) is 30.3 Å². The maximum atomic E-state index is 13.3. The van der Waals surface area contributed by atoms with Crippen LogP contribution < -0.4 is 4.74 Å². The molecule has 0 aliphatic rings. The van der Waals surface area contributed by atoms with Gasteiger partial charge in [-0.15, -0.1) is 0 Å². The molecule has 134 valence electrons. The number of pyridine rings is 1. The number of alkyl halides is 3. The van der Waals surface area contributed by atoms with Crippen molar-refractivity contribution >= 4 is 0 Å². The van der Waals surface area contributed by atoms with Crippen LogP contribution in [0.1, 0.15) is 16.7 Å². The van der Waals surface area contributed by atoms with Crippen molar-refractivity contribution in [1.29, 1.82) is 0 Å². The molecule has 0 saturated heterocycles. The first kappa shape index (κ1) is 17.9. The van der Waals surface area contributed by atoms with Gasteiger partial charge in [0, 0.05) is 11.6 Å². The Labute approximate surface area is 148 Å². The van der Waals surface area contributed by atoms with Crippen LogP contribution in [0.2, 0.25) is 0 Å². The van der Waals surface area contributed by atoms with E-state index >= 15 is 0 Å². The third kappa shape index (κ3) is 4.21. The largest absolute Gasteiger partial charge is 0.473 e. The van der Waals surface area contributed by atoms with E-state index in [1.54, 1.807) is 0 Å². The average Bonchev–Trinajstić information content (AvgIpc) is 2.66. The molecule has 0 atom stereocenters. The summed E-state index contributed by atoms with van der Waals surface area (Å²) in [6, 6.07) is 17.5. The van der Waals surface area contributed by atoms with E-state index in [2.05, 4.69) is 4.98 Å². The monoisotopic (exact) mass is 359 g/mol. The van der Waals surface area contributed by atoms with Gasteiger partial charge in [-0.3, -0.25) is 0 Å².